The number of aliphatic carboxylic acids is 1. The maximum absolute atomic E-state index is 10.8. The molecule has 1 unspecified atom stereocenters. The topological polar surface area (TPSA) is 82.1 Å². The van der Waals surface area contributed by atoms with Gasteiger partial charge in [0.25, 0.3) is 0 Å². The molecule has 0 fully saturated rings. The Morgan fingerprint density at radius 2 is 1.94 bits per heavy atom. The van der Waals surface area contributed by atoms with Crippen LogP contribution in [0.1, 0.15) is 26.7 Å². The van der Waals surface area contributed by atoms with Gasteiger partial charge >= 0.3 is 11.9 Å². The number of carbonyl (C=O) groups excluding carboxylic acids is 1. The second-order valence-electron chi connectivity index (χ2n) is 2.78. The standard InChI is InChI=1S/C9H16O6.Ti/c1-3-5-7(9(11)12)15-14-6-8(10)13-4-2;/h7H,3-6H2,1-2H3,(H,11,12);. The molecule has 7 heteroatoms. The molecule has 0 aromatic rings. The molecule has 0 aromatic carbocycles. The molecule has 0 aliphatic carbocycles. The maximum atomic E-state index is 10.8. The number of hydrogen-bond acceptors (Lipinski definition) is 5. The smallest absolute Gasteiger partial charge is 0.336 e. The van der Waals surface area contributed by atoms with Gasteiger partial charge in [-0.15, -0.1) is 0 Å². The van der Waals surface area contributed by atoms with E-state index in [0.717, 1.165) is 0 Å². The summed E-state index contributed by atoms with van der Waals surface area (Å²) in [5.74, 6) is -1.70. The van der Waals surface area contributed by atoms with E-state index in [-0.39, 0.29) is 28.3 Å². The minimum absolute atomic E-state index is 0. The Morgan fingerprint density at radius 1 is 1.31 bits per heavy atom. The van der Waals surface area contributed by atoms with Crippen molar-refractivity contribution in [3.05, 3.63) is 0 Å². The molecule has 0 amide bonds. The van der Waals surface area contributed by atoms with E-state index in [9.17, 15) is 9.59 Å². The molecule has 0 radical (unpaired) electrons. The molecule has 0 heterocycles. The van der Waals surface area contributed by atoms with E-state index in [4.69, 9.17) is 5.11 Å². The summed E-state index contributed by atoms with van der Waals surface area (Å²) in [5, 5.41) is 8.65. The van der Waals surface area contributed by atoms with Crippen LogP contribution >= 0.6 is 0 Å². The molecule has 0 bridgehead atoms. The van der Waals surface area contributed by atoms with E-state index in [1.54, 1.807) is 6.92 Å². The molecule has 0 saturated heterocycles. The average Bonchev–Trinajstić information content (AvgIpc) is 2.16. The van der Waals surface area contributed by atoms with Crippen molar-refractivity contribution in [2.75, 3.05) is 13.2 Å². The molecule has 16 heavy (non-hydrogen) atoms. The van der Waals surface area contributed by atoms with Crippen LogP contribution in [0.2, 0.25) is 0 Å². The van der Waals surface area contributed by atoms with Crippen molar-refractivity contribution in [1.82, 2.24) is 0 Å². The van der Waals surface area contributed by atoms with Crippen molar-refractivity contribution in [2.45, 2.75) is 32.8 Å². The van der Waals surface area contributed by atoms with Gasteiger partial charge in [0.2, 0.25) is 0 Å². The zero-order valence-corrected chi connectivity index (χ0v) is 11.0. The monoisotopic (exact) mass is 268 g/mol. The van der Waals surface area contributed by atoms with Gasteiger partial charge in [-0.05, 0) is 13.3 Å². The number of rotatable bonds is 8. The summed E-state index contributed by atoms with van der Waals surface area (Å²) in [7, 11) is 0. The number of carboxylic acids is 1. The Hall–Kier alpha value is -0.426. The van der Waals surface area contributed by atoms with Crippen LogP contribution in [0.3, 0.4) is 0 Å². The van der Waals surface area contributed by atoms with Crippen LogP contribution in [-0.4, -0.2) is 36.4 Å². The molecule has 0 rings (SSSR count). The Bertz CT molecular complexity index is 208. The normalized spacial score (nSPS) is 11.4. The Kier molecular flexibility index (Phi) is 12.4. The zero-order valence-electron chi connectivity index (χ0n) is 9.39. The van der Waals surface area contributed by atoms with Crippen LogP contribution in [0.25, 0.3) is 0 Å². The van der Waals surface area contributed by atoms with E-state index in [1.165, 1.54) is 0 Å². The maximum Gasteiger partial charge on any atom is 0.336 e. The summed E-state index contributed by atoms with van der Waals surface area (Å²) in [5.41, 5.74) is 0. The van der Waals surface area contributed by atoms with Crippen LogP contribution < -0.4 is 0 Å². The molecule has 1 N–H and O–H groups in total. The van der Waals surface area contributed by atoms with Crippen molar-refractivity contribution in [2.24, 2.45) is 0 Å². The number of ether oxygens (including phenoxy) is 1. The Morgan fingerprint density at radius 3 is 2.38 bits per heavy atom. The molecule has 92 valence electrons. The van der Waals surface area contributed by atoms with Gasteiger partial charge < -0.3 is 9.84 Å². The van der Waals surface area contributed by atoms with Gasteiger partial charge in [-0.1, -0.05) is 13.3 Å². The largest absolute Gasteiger partial charge is 0.479 e. The molecule has 0 aromatic heterocycles. The summed E-state index contributed by atoms with van der Waals surface area (Å²) < 4.78 is 4.55. The van der Waals surface area contributed by atoms with Gasteiger partial charge in [0, 0.05) is 21.7 Å². The van der Waals surface area contributed by atoms with E-state index >= 15 is 0 Å². The molecule has 6 nitrogen and oxygen atoms in total. The van der Waals surface area contributed by atoms with Gasteiger partial charge in [0.15, 0.2) is 12.7 Å². The van der Waals surface area contributed by atoms with Crippen LogP contribution in [0.15, 0.2) is 0 Å². The fraction of sp³-hybridized carbons (Fsp3) is 0.778. The predicted octanol–water partition coefficient (Wildman–Crippen LogP) is 0.749. The third-order valence-corrected chi connectivity index (χ3v) is 1.49. The first-order valence-electron chi connectivity index (χ1n) is 4.78. The molecule has 0 aliphatic heterocycles. The third-order valence-electron chi connectivity index (χ3n) is 1.49. The molecular formula is C9H16O6Ti. The van der Waals surface area contributed by atoms with Gasteiger partial charge in [-0.2, -0.15) is 0 Å². The minimum Gasteiger partial charge on any atom is -0.479 e. The summed E-state index contributed by atoms with van der Waals surface area (Å²) >= 11 is 0. The third kappa shape index (κ3) is 8.85. The van der Waals surface area contributed by atoms with Crippen LogP contribution in [0.4, 0.5) is 0 Å². The summed E-state index contributed by atoms with van der Waals surface area (Å²) in [6.07, 6.45) is -0.0535. The average molecular weight is 268 g/mol. The second-order valence-corrected chi connectivity index (χ2v) is 2.78. The van der Waals surface area contributed by atoms with Gasteiger partial charge in [-0.3, -0.25) is 0 Å². The molecule has 1 atom stereocenters. The van der Waals surface area contributed by atoms with Gasteiger partial charge in [0.05, 0.1) is 6.61 Å². The number of carbonyl (C=O) groups is 2. The quantitative estimate of drug-likeness (QED) is 0.303. The van der Waals surface area contributed by atoms with E-state index in [0.29, 0.717) is 12.8 Å². The van der Waals surface area contributed by atoms with Crippen molar-refractivity contribution in [1.29, 1.82) is 0 Å². The van der Waals surface area contributed by atoms with Gasteiger partial charge in [0.1, 0.15) is 0 Å². The van der Waals surface area contributed by atoms with Crippen molar-refractivity contribution in [3.63, 3.8) is 0 Å². The molecule has 0 spiro atoms. The van der Waals surface area contributed by atoms with E-state index < -0.39 is 24.6 Å². The number of esters is 1. The zero-order chi connectivity index (χ0) is 11.7. The first-order chi connectivity index (χ1) is 7.11. The minimum atomic E-state index is -1.11. The fourth-order valence-electron chi connectivity index (χ4n) is 0.842. The van der Waals surface area contributed by atoms with Crippen LogP contribution in [-0.2, 0) is 45.8 Å². The van der Waals surface area contributed by atoms with Crippen LogP contribution in [0.5, 0.6) is 0 Å². The number of carboxylic acid groups (broad SMARTS) is 1. The number of hydrogen-bond donors (Lipinski definition) is 1. The van der Waals surface area contributed by atoms with Gasteiger partial charge in [-0.25, -0.2) is 19.4 Å². The molecule has 0 aliphatic rings. The molecule has 0 saturated carbocycles. The first kappa shape index (κ1) is 18.0. The van der Waals surface area contributed by atoms with E-state index in [1.807, 2.05) is 6.92 Å². The van der Waals surface area contributed by atoms with E-state index in [2.05, 4.69) is 14.5 Å². The first-order valence-corrected chi connectivity index (χ1v) is 4.78. The Labute approximate surface area is 109 Å². The van der Waals surface area contributed by atoms with Crippen molar-refractivity contribution < 1.29 is 50.9 Å². The summed E-state index contributed by atoms with van der Waals surface area (Å²) in [6.45, 7) is 3.33. The summed E-state index contributed by atoms with van der Waals surface area (Å²) in [4.78, 5) is 30.4. The Balaban J connectivity index is 0. The second kappa shape index (κ2) is 11.1. The molecular weight excluding hydrogens is 252 g/mol. The fourth-order valence-corrected chi connectivity index (χ4v) is 0.842. The summed E-state index contributed by atoms with van der Waals surface area (Å²) in [6, 6.07) is 0. The van der Waals surface area contributed by atoms with Crippen molar-refractivity contribution >= 4 is 11.9 Å². The van der Waals surface area contributed by atoms with Crippen LogP contribution in [0, 0.1) is 0 Å². The van der Waals surface area contributed by atoms with Crippen molar-refractivity contribution in [3.8, 4) is 0 Å². The predicted molar refractivity (Wildman–Crippen MR) is 50.0 cm³/mol. The SMILES string of the molecule is CCCC(OOCC(=O)OCC)C(=O)O.[Ti].